The maximum absolute atomic E-state index is 13.1. The number of benzene rings is 2. The molecule has 0 saturated carbocycles. The predicted octanol–water partition coefficient (Wildman–Crippen LogP) is 4.85. The molecule has 1 fully saturated rings. The van der Waals surface area contributed by atoms with E-state index in [0.717, 1.165) is 18.4 Å². The van der Waals surface area contributed by atoms with Crippen molar-refractivity contribution in [3.8, 4) is 0 Å². The predicted molar refractivity (Wildman–Crippen MR) is 85.6 cm³/mol. The molecular formula is C17H16ClFN2O. The second-order valence-corrected chi connectivity index (χ2v) is 5.72. The maximum Gasteiger partial charge on any atom is 0.322 e. The van der Waals surface area contributed by atoms with Crippen molar-refractivity contribution in [3.63, 3.8) is 0 Å². The molecule has 0 aromatic heterocycles. The first-order valence-corrected chi connectivity index (χ1v) is 7.60. The van der Waals surface area contributed by atoms with Gasteiger partial charge in [-0.1, -0.05) is 35.9 Å². The second kappa shape index (κ2) is 6.36. The average molecular weight is 319 g/mol. The van der Waals surface area contributed by atoms with Crippen LogP contribution in [0.25, 0.3) is 0 Å². The molecule has 0 aliphatic carbocycles. The minimum absolute atomic E-state index is 0.0249. The highest BCUT2D eigenvalue weighted by molar-refractivity contribution is 6.33. The number of amides is 2. The van der Waals surface area contributed by atoms with Gasteiger partial charge < -0.3 is 10.2 Å². The molecule has 0 bridgehead atoms. The Morgan fingerprint density at radius 3 is 2.64 bits per heavy atom. The van der Waals surface area contributed by atoms with Crippen molar-refractivity contribution >= 4 is 23.3 Å². The summed E-state index contributed by atoms with van der Waals surface area (Å²) < 4.78 is 13.1. The first kappa shape index (κ1) is 14.9. The molecule has 1 saturated heterocycles. The molecule has 22 heavy (non-hydrogen) atoms. The zero-order chi connectivity index (χ0) is 15.5. The molecule has 1 heterocycles. The minimum Gasteiger partial charge on any atom is -0.317 e. The summed E-state index contributed by atoms with van der Waals surface area (Å²) in [5, 5.41) is 3.35. The van der Waals surface area contributed by atoms with E-state index in [1.807, 2.05) is 12.1 Å². The first-order valence-electron chi connectivity index (χ1n) is 7.23. The minimum atomic E-state index is -0.270. The molecule has 2 aromatic rings. The topological polar surface area (TPSA) is 32.3 Å². The van der Waals surface area contributed by atoms with E-state index in [9.17, 15) is 9.18 Å². The van der Waals surface area contributed by atoms with E-state index < -0.39 is 0 Å². The van der Waals surface area contributed by atoms with Gasteiger partial charge in [-0.15, -0.1) is 0 Å². The van der Waals surface area contributed by atoms with Gasteiger partial charge in [0.05, 0.1) is 16.8 Å². The van der Waals surface area contributed by atoms with Crippen LogP contribution < -0.4 is 5.32 Å². The number of rotatable bonds is 2. The van der Waals surface area contributed by atoms with Gasteiger partial charge in [0.15, 0.2) is 0 Å². The summed E-state index contributed by atoms with van der Waals surface area (Å²) in [5.41, 5.74) is 1.55. The lowest BCUT2D eigenvalue weighted by Gasteiger charge is -2.25. The molecule has 3 rings (SSSR count). The molecule has 1 N–H and O–H groups in total. The highest BCUT2D eigenvalue weighted by Crippen LogP contribution is 2.33. The van der Waals surface area contributed by atoms with Gasteiger partial charge in [-0.05, 0) is 42.7 Å². The van der Waals surface area contributed by atoms with E-state index >= 15 is 0 Å². The van der Waals surface area contributed by atoms with E-state index in [0.29, 0.717) is 17.3 Å². The molecule has 5 heteroatoms. The number of carbonyl (C=O) groups excluding carboxylic acids is 1. The Bertz CT molecular complexity index is 675. The SMILES string of the molecule is O=C(Nc1ccccc1Cl)N1CCCC1c1ccc(F)cc1. The normalized spacial score (nSPS) is 17.5. The fraction of sp³-hybridized carbons (Fsp3) is 0.235. The van der Waals surface area contributed by atoms with Crippen LogP contribution in [0.2, 0.25) is 5.02 Å². The van der Waals surface area contributed by atoms with Crippen molar-refractivity contribution in [1.82, 2.24) is 4.90 Å². The lowest BCUT2D eigenvalue weighted by atomic mass is 10.0. The number of nitrogens with zero attached hydrogens (tertiary/aromatic N) is 1. The van der Waals surface area contributed by atoms with Crippen molar-refractivity contribution in [3.05, 3.63) is 64.9 Å². The van der Waals surface area contributed by atoms with Crippen LogP contribution in [0.1, 0.15) is 24.4 Å². The average Bonchev–Trinajstić information content (AvgIpc) is 3.00. The van der Waals surface area contributed by atoms with Crippen LogP contribution in [-0.4, -0.2) is 17.5 Å². The number of para-hydroxylation sites is 1. The fourth-order valence-electron chi connectivity index (χ4n) is 2.79. The van der Waals surface area contributed by atoms with E-state index in [1.54, 1.807) is 29.2 Å². The summed E-state index contributed by atoms with van der Waals surface area (Å²) in [5.74, 6) is -0.270. The van der Waals surface area contributed by atoms with Crippen LogP contribution in [-0.2, 0) is 0 Å². The van der Waals surface area contributed by atoms with Crippen LogP contribution in [0.15, 0.2) is 48.5 Å². The Balaban J connectivity index is 1.76. The van der Waals surface area contributed by atoms with E-state index in [4.69, 9.17) is 11.6 Å². The van der Waals surface area contributed by atoms with E-state index in [-0.39, 0.29) is 17.9 Å². The Labute approximate surface area is 133 Å². The number of halogens is 2. The van der Waals surface area contributed by atoms with Gasteiger partial charge >= 0.3 is 6.03 Å². The van der Waals surface area contributed by atoms with Gasteiger partial charge in [0.1, 0.15) is 5.82 Å². The van der Waals surface area contributed by atoms with Crippen LogP contribution in [0.3, 0.4) is 0 Å². The number of nitrogens with one attached hydrogen (secondary N) is 1. The molecule has 1 aliphatic heterocycles. The smallest absolute Gasteiger partial charge is 0.317 e. The Morgan fingerprint density at radius 2 is 1.91 bits per heavy atom. The zero-order valence-electron chi connectivity index (χ0n) is 11.9. The lowest BCUT2D eigenvalue weighted by Crippen LogP contribution is -2.34. The number of hydrogen-bond donors (Lipinski definition) is 1. The summed E-state index contributed by atoms with van der Waals surface area (Å²) in [4.78, 5) is 14.3. The standard InChI is InChI=1S/C17H16ClFN2O/c18-14-4-1-2-5-15(14)20-17(22)21-11-3-6-16(21)12-7-9-13(19)10-8-12/h1-2,4-5,7-10,16H,3,6,11H2,(H,20,22). The molecule has 0 radical (unpaired) electrons. The number of likely N-dealkylation sites (tertiary alicyclic amines) is 1. The van der Waals surface area contributed by atoms with Crippen molar-refractivity contribution in [1.29, 1.82) is 0 Å². The molecular weight excluding hydrogens is 303 g/mol. The van der Waals surface area contributed by atoms with Crippen molar-refractivity contribution < 1.29 is 9.18 Å². The van der Waals surface area contributed by atoms with Crippen molar-refractivity contribution in [2.45, 2.75) is 18.9 Å². The monoisotopic (exact) mass is 318 g/mol. The summed E-state index contributed by atoms with van der Waals surface area (Å²) in [6, 6.07) is 13.3. The number of anilines is 1. The van der Waals surface area contributed by atoms with Gasteiger partial charge in [0.25, 0.3) is 0 Å². The Morgan fingerprint density at radius 1 is 1.18 bits per heavy atom. The summed E-state index contributed by atoms with van der Waals surface area (Å²) >= 11 is 6.07. The van der Waals surface area contributed by atoms with Crippen LogP contribution in [0.5, 0.6) is 0 Å². The van der Waals surface area contributed by atoms with Gasteiger partial charge in [0.2, 0.25) is 0 Å². The third-order valence-corrected chi connectivity index (χ3v) is 4.21. The molecule has 1 aliphatic rings. The first-order chi connectivity index (χ1) is 10.6. The maximum atomic E-state index is 13.1. The van der Waals surface area contributed by atoms with Gasteiger partial charge in [-0.3, -0.25) is 0 Å². The van der Waals surface area contributed by atoms with Crippen molar-refractivity contribution in [2.24, 2.45) is 0 Å². The molecule has 114 valence electrons. The van der Waals surface area contributed by atoms with Crippen molar-refractivity contribution in [2.75, 3.05) is 11.9 Å². The van der Waals surface area contributed by atoms with Gasteiger partial charge in [-0.25, -0.2) is 9.18 Å². The number of carbonyl (C=O) groups is 1. The molecule has 1 unspecified atom stereocenters. The lowest BCUT2D eigenvalue weighted by molar-refractivity contribution is 0.207. The third kappa shape index (κ3) is 3.07. The molecule has 1 atom stereocenters. The molecule has 2 amide bonds. The Kier molecular flexibility index (Phi) is 4.29. The van der Waals surface area contributed by atoms with Crippen LogP contribution in [0.4, 0.5) is 14.9 Å². The second-order valence-electron chi connectivity index (χ2n) is 5.31. The summed E-state index contributed by atoms with van der Waals surface area (Å²) in [7, 11) is 0. The highest BCUT2D eigenvalue weighted by atomic mass is 35.5. The van der Waals surface area contributed by atoms with Gasteiger partial charge in [-0.2, -0.15) is 0 Å². The number of urea groups is 1. The third-order valence-electron chi connectivity index (χ3n) is 3.88. The highest BCUT2D eigenvalue weighted by Gasteiger charge is 2.30. The summed E-state index contributed by atoms with van der Waals surface area (Å²) in [6.45, 7) is 0.679. The Hall–Kier alpha value is -2.07. The van der Waals surface area contributed by atoms with Gasteiger partial charge in [0, 0.05) is 6.54 Å². The largest absolute Gasteiger partial charge is 0.322 e. The van der Waals surface area contributed by atoms with Crippen LogP contribution in [0, 0.1) is 5.82 Å². The quantitative estimate of drug-likeness (QED) is 0.843. The molecule has 2 aromatic carbocycles. The van der Waals surface area contributed by atoms with Crippen LogP contribution >= 0.6 is 11.6 Å². The number of hydrogen-bond acceptors (Lipinski definition) is 1. The zero-order valence-corrected chi connectivity index (χ0v) is 12.7. The molecule has 0 spiro atoms. The summed E-state index contributed by atoms with van der Waals surface area (Å²) in [6.07, 6.45) is 1.81. The fourth-order valence-corrected chi connectivity index (χ4v) is 2.97. The molecule has 3 nitrogen and oxygen atoms in total. The van der Waals surface area contributed by atoms with E-state index in [1.165, 1.54) is 12.1 Å². The van der Waals surface area contributed by atoms with E-state index in [2.05, 4.69) is 5.32 Å².